The van der Waals surface area contributed by atoms with Crippen LogP contribution < -0.4 is 10.6 Å². The number of amides is 2. The van der Waals surface area contributed by atoms with E-state index in [1.807, 2.05) is 13.8 Å². The predicted molar refractivity (Wildman–Crippen MR) is 70.3 cm³/mol. The van der Waals surface area contributed by atoms with Gasteiger partial charge in [-0.2, -0.15) is 0 Å². The maximum Gasteiger partial charge on any atom is 0.335 e. The summed E-state index contributed by atoms with van der Waals surface area (Å²) in [6.45, 7) is 3.84. The standard InChI is InChI=1S/C12H15ClN2O3/c1-3-7(2)14-12(18)15-10-5-4-8(11(16)17)6-9(10)13/h4-7H,3H2,1-2H3,(H,16,17)(H2,14,15,18). The molecule has 0 saturated carbocycles. The van der Waals surface area contributed by atoms with E-state index in [2.05, 4.69) is 10.6 Å². The van der Waals surface area contributed by atoms with Gasteiger partial charge in [-0.05, 0) is 31.5 Å². The van der Waals surface area contributed by atoms with Crippen LogP contribution in [0.3, 0.4) is 0 Å². The molecular weight excluding hydrogens is 256 g/mol. The number of carbonyl (C=O) groups excluding carboxylic acids is 1. The molecule has 0 aliphatic carbocycles. The number of urea groups is 1. The molecule has 2 amide bonds. The summed E-state index contributed by atoms with van der Waals surface area (Å²) < 4.78 is 0. The number of carboxylic acid groups (broad SMARTS) is 1. The lowest BCUT2D eigenvalue weighted by molar-refractivity contribution is 0.0697. The smallest absolute Gasteiger partial charge is 0.335 e. The largest absolute Gasteiger partial charge is 0.478 e. The summed E-state index contributed by atoms with van der Waals surface area (Å²) in [5.41, 5.74) is 0.454. The summed E-state index contributed by atoms with van der Waals surface area (Å²) in [4.78, 5) is 22.3. The average molecular weight is 271 g/mol. The first-order valence-electron chi connectivity index (χ1n) is 5.54. The highest BCUT2D eigenvalue weighted by atomic mass is 35.5. The first-order valence-corrected chi connectivity index (χ1v) is 5.92. The van der Waals surface area contributed by atoms with Crippen molar-refractivity contribution in [3.63, 3.8) is 0 Å². The van der Waals surface area contributed by atoms with Crippen molar-refractivity contribution in [1.29, 1.82) is 0 Å². The van der Waals surface area contributed by atoms with Crippen molar-refractivity contribution in [2.24, 2.45) is 0 Å². The summed E-state index contributed by atoms with van der Waals surface area (Å²) in [7, 11) is 0. The van der Waals surface area contributed by atoms with Crippen LogP contribution >= 0.6 is 11.6 Å². The van der Waals surface area contributed by atoms with Gasteiger partial charge >= 0.3 is 12.0 Å². The minimum Gasteiger partial charge on any atom is -0.478 e. The molecule has 0 aromatic heterocycles. The number of benzene rings is 1. The van der Waals surface area contributed by atoms with Gasteiger partial charge in [0, 0.05) is 6.04 Å². The first-order chi connectivity index (χ1) is 8.43. The first kappa shape index (κ1) is 14.3. The lowest BCUT2D eigenvalue weighted by Crippen LogP contribution is -2.35. The van der Waals surface area contributed by atoms with Gasteiger partial charge in [-0.3, -0.25) is 0 Å². The Hall–Kier alpha value is -1.75. The molecule has 18 heavy (non-hydrogen) atoms. The zero-order valence-electron chi connectivity index (χ0n) is 10.2. The lowest BCUT2D eigenvalue weighted by Gasteiger charge is -2.13. The predicted octanol–water partition coefficient (Wildman–Crippen LogP) is 2.96. The number of anilines is 1. The molecule has 0 spiro atoms. The molecule has 1 unspecified atom stereocenters. The third-order valence-electron chi connectivity index (χ3n) is 2.45. The van der Waals surface area contributed by atoms with E-state index >= 15 is 0 Å². The van der Waals surface area contributed by atoms with Gasteiger partial charge in [0.15, 0.2) is 0 Å². The number of rotatable bonds is 4. The molecule has 0 aliphatic heterocycles. The normalized spacial score (nSPS) is 11.7. The number of hydrogen-bond donors (Lipinski definition) is 3. The maximum absolute atomic E-state index is 11.6. The van der Waals surface area contributed by atoms with Crippen LogP contribution in [0, 0.1) is 0 Å². The summed E-state index contributed by atoms with van der Waals surface area (Å²) in [5.74, 6) is -1.06. The average Bonchev–Trinajstić information content (AvgIpc) is 2.31. The van der Waals surface area contributed by atoms with Crippen LogP contribution in [-0.4, -0.2) is 23.1 Å². The number of carboxylic acids is 1. The van der Waals surface area contributed by atoms with Crippen LogP contribution in [0.25, 0.3) is 0 Å². The zero-order valence-corrected chi connectivity index (χ0v) is 10.9. The third kappa shape index (κ3) is 3.92. The molecule has 6 heteroatoms. The molecule has 0 aliphatic rings. The molecule has 1 atom stereocenters. The Morgan fingerprint density at radius 3 is 2.61 bits per heavy atom. The molecule has 0 heterocycles. The van der Waals surface area contributed by atoms with E-state index in [0.717, 1.165) is 6.42 Å². The van der Waals surface area contributed by atoms with Crippen molar-refractivity contribution >= 4 is 29.3 Å². The second-order valence-electron chi connectivity index (χ2n) is 3.91. The van der Waals surface area contributed by atoms with E-state index in [9.17, 15) is 9.59 Å². The molecule has 1 rings (SSSR count). The van der Waals surface area contributed by atoms with Crippen molar-refractivity contribution in [2.45, 2.75) is 26.3 Å². The Balaban J connectivity index is 2.74. The SMILES string of the molecule is CCC(C)NC(=O)Nc1ccc(C(=O)O)cc1Cl. The minimum atomic E-state index is -1.06. The van der Waals surface area contributed by atoms with Gasteiger partial charge in [0.05, 0.1) is 16.3 Å². The van der Waals surface area contributed by atoms with Gasteiger partial charge < -0.3 is 15.7 Å². The Labute approximate surface area is 110 Å². The molecule has 0 fully saturated rings. The summed E-state index contributed by atoms with van der Waals surface area (Å²) >= 11 is 5.88. The highest BCUT2D eigenvalue weighted by Gasteiger charge is 2.10. The second kappa shape index (κ2) is 6.26. The van der Waals surface area contributed by atoms with Gasteiger partial charge in [-0.1, -0.05) is 18.5 Å². The van der Waals surface area contributed by atoms with E-state index in [-0.39, 0.29) is 22.7 Å². The molecule has 5 nitrogen and oxygen atoms in total. The van der Waals surface area contributed by atoms with Crippen molar-refractivity contribution < 1.29 is 14.7 Å². The van der Waals surface area contributed by atoms with Gasteiger partial charge in [0.2, 0.25) is 0 Å². The molecule has 98 valence electrons. The molecule has 1 aromatic carbocycles. The number of halogens is 1. The van der Waals surface area contributed by atoms with Gasteiger partial charge in [-0.15, -0.1) is 0 Å². The van der Waals surface area contributed by atoms with Crippen LogP contribution in [0.1, 0.15) is 30.6 Å². The van der Waals surface area contributed by atoms with E-state index in [0.29, 0.717) is 5.69 Å². The minimum absolute atomic E-state index is 0.0575. The van der Waals surface area contributed by atoms with Crippen LogP contribution in [0.4, 0.5) is 10.5 Å². The molecular formula is C12H15ClN2O3. The summed E-state index contributed by atoms with van der Waals surface area (Å²) in [6, 6.07) is 3.83. The Bertz CT molecular complexity index is 463. The molecule has 1 aromatic rings. The van der Waals surface area contributed by atoms with Gasteiger partial charge in [0.1, 0.15) is 0 Å². The second-order valence-corrected chi connectivity index (χ2v) is 4.31. The Morgan fingerprint density at radius 1 is 1.44 bits per heavy atom. The van der Waals surface area contributed by atoms with Crippen LogP contribution in [0.15, 0.2) is 18.2 Å². The van der Waals surface area contributed by atoms with Crippen molar-refractivity contribution in [3.05, 3.63) is 28.8 Å². The number of aromatic carboxylic acids is 1. The van der Waals surface area contributed by atoms with Crippen molar-refractivity contribution in [1.82, 2.24) is 5.32 Å². The zero-order chi connectivity index (χ0) is 13.7. The Kier molecular flexibility index (Phi) is 4.97. The van der Waals surface area contributed by atoms with E-state index in [1.54, 1.807) is 0 Å². The quantitative estimate of drug-likeness (QED) is 0.787. The fourth-order valence-electron chi connectivity index (χ4n) is 1.23. The number of nitrogens with one attached hydrogen (secondary N) is 2. The van der Waals surface area contributed by atoms with E-state index < -0.39 is 5.97 Å². The van der Waals surface area contributed by atoms with Crippen LogP contribution in [0.2, 0.25) is 5.02 Å². The summed E-state index contributed by atoms with van der Waals surface area (Å²) in [5, 5.41) is 14.2. The summed E-state index contributed by atoms with van der Waals surface area (Å²) in [6.07, 6.45) is 0.819. The van der Waals surface area contributed by atoms with Crippen molar-refractivity contribution in [3.8, 4) is 0 Å². The highest BCUT2D eigenvalue weighted by molar-refractivity contribution is 6.34. The number of hydrogen-bond acceptors (Lipinski definition) is 2. The topological polar surface area (TPSA) is 78.4 Å². The van der Waals surface area contributed by atoms with Crippen molar-refractivity contribution in [2.75, 3.05) is 5.32 Å². The molecule has 0 radical (unpaired) electrons. The van der Waals surface area contributed by atoms with Crippen LogP contribution in [-0.2, 0) is 0 Å². The highest BCUT2D eigenvalue weighted by Crippen LogP contribution is 2.23. The maximum atomic E-state index is 11.6. The van der Waals surface area contributed by atoms with Crippen LogP contribution in [0.5, 0.6) is 0 Å². The molecule has 0 bridgehead atoms. The molecule has 3 N–H and O–H groups in total. The lowest BCUT2D eigenvalue weighted by atomic mass is 10.2. The van der Waals surface area contributed by atoms with Gasteiger partial charge in [-0.25, -0.2) is 9.59 Å². The number of carbonyl (C=O) groups is 2. The fraction of sp³-hybridized carbons (Fsp3) is 0.333. The molecule has 0 saturated heterocycles. The third-order valence-corrected chi connectivity index (χ3v) is 2.77. The van der Waals surface area contributed by atoms with E-state index in [4.69, 9.17) is 16.7 Å². The van der Waals surface area contributed by atoms with Gasteiger partial charge in [0.25, 0.3) is 0 Å². The van der Waals surface area contributed by atoms with E-state index in [1.165, 1.54) is 18.2 Å². The fourth-order valence-corrected chi connectivity index (χ4v) is 1.46. The Morgan fingerprint density at radius 2 is 2.11 bits per heavy atom. The monoisotopic (exact) mass is 270 g/mol.